The van der Waals surface area contributed by atoms with Crippen molar-refractivity contribution >= 4 is 49.4 Å². The molecule has 3 aromatic carbocycles. The minimum atomic E-state index is -3.97. The van der Waals surface area contributed by atoms with Crippen LogP contribution in [0.4, 0.5) is 11.4 Å². The number of amides is 1. The van der Waals surface area contributed by atoms with Gasteiger partial charge in [-0.15, -0.1) is 0 Å². The molecule has 0 fully saturated rings. The summed E-state index contributed by atoms with van der Waals surface area (Å²) in [6.45, 7) is 3.27. The van der Waals surface area contributed by atoms with E-state index in [4.69, 9.17) is 0 Å². The minimum absolute atomic E-state index is 0.109. The summed E-state index contributed by atoms with van der Waals surface area (Å²) in [5, 5.41) is 4.02. The molecule has 3 aromatic rings. The van der Waals surface area contributed by atoms with E-state index in [-0.39, 0.29) is 4.90 Å². The Morgan fingerprint density at radius 1 is 1.00 bits per heavy atom. The Balaban J connectivity index is 1.84. The summed E-state index contributed by atoms with van der Waals surface area (Å²) in [4.78, 5) is 14.8. The molecule has 0 unspecified atom stereocenters. The van der Waals surface area contributed by atoms with Gasteiger partial charge in [-0.3, -0.25) is 9.10 Å². The average molecular weight is 543 g/mol. The van der Waals surface area contributed by atoms with Crippen LogP contribution in [0.2, 0.25) is 0 Å². The van der Waals surface area contributed by atoms with Crippen molar-refractivity contribution in [3.8, 4) is 0 Å². The molecule has 0 saturated heterocycles. The normalized spacial score (nSPS) is 11.4. The van der Waals surface area contributed by atoms with Gasteiger partial charge in [0.05, 0.1) is 22.5 Å². The molecule has 0 aliphatic carbocycles. The standard InChI is InChI=1S/C25H27BrN4O3S/c1-18-10-11-19(2)24(14-18)30(34(32,33)21-8-6-5-7-9-21)17-25(31)28-27-16-20-12-13-23(29(3)4)22(26)15-20/h5-16H,17H2,1-4H3,(H,28,31)/b27-16+. The first-order valence-corrected chi connectivity index (χ1v) is 12.8. The number of benzene rings is 3. The number of aryl methyl sites for hydroxylation is 2. The number of nitrogens with zero attached hydrogens (tertiary/aromatic N) is 3. The number of nitrogens with one attached hydrogen (secondary N) is 1. The van der Waals surface area contributed by atoms with Crippen molar-refractivity contribution in [3.63, 3.8) is 0 Å². The lowest BCUT2D eigenvalue weighted by Crippen LogP contribution is -2.40. The highest BCUT2D eigenvalue weighted by molar-refractivity contribution is 9.10. The Bertz CT molecular complexity index is 1310. The van der Waals surface area contributed by atoms with Gasteiger partial charge in [-0.2, -0.15) is 5.10 Å². The molecule has 1 amide bonds. The maximum atomic E-state index is 13.4. The van der Waals surface area contributed by atoms with Crippen LogP contribution >= 0.6 is 15.9 Å². The van der Waals surface area contributed by atoms with E-state index in [0.29, 0.717) is 5.69 Å². The molecule has 3 rings (SSSR count). The molecule has 178 valence electrons. The van der Waals surface area contributed by atoms with Crippen molar-refractivity contribution < 1.29 is 13.2 Å². The van der Waals surface area contributed by atoms with Gasteiger partial charge >= 0.3 is 0 Å². The Morgan fingerprint density at radius 3 is 2.35 bits per heavy atom. The molecule has 1 N–H and O–H groups in total. The number of sulfonamides is 1. The summed E-state index contributed by atoms with van der Waals surface area (Å²) < 4.78 is 28.9. The summed E-state index contributed by atoms with van der Waals surface area (Å²) in [6, 6.07) is 19.3. The van der Waals surface area contributed by atoms with E-state index in [2.05, 4.69) is 26.5 Å². The summed E-state index contributed by atoms with van der Waals surface area (Å²) in [7, 11) is -0.0870. The molecule has 0 aliphatic heterocycles. The van der Waals surface area contributed by atoms with Gasteiger partial charge in [0.15, 0.2) is 0 Å². The molecule has 0 atom stereocenters. The van der Waals surface area contributed by atoms with E-state index in [1.165, 1.54) is 18.3 Å². The Kier molecular flexibility index (Phi) is 8.11. The minimum Gasteiger partial charge on any atom is -0.377 e. The van der Waals surface area contributed by atoms with Crippen molar-refractivity contribution in [2.24, 2.45) is 5.10 Å². The van der Waals surface area contributed by atoms with Gasteiger partial charge in [0.25, 0.3) is 15.9 Å². The number of halogens is 1. The smallest absolute Gasteiger partial charge is 0.264 e. The molecule has 9 heteroatoms. The molecule has 0 heterocycles. The fraction of sp³-hybridized carbons (Fsp3) is 0.200. The van der Waals surface area contributed by atoms with E-state index in [0.717, 1.165) is 31.2 Å². The summed E-state index contributed by atoms with van der Waals surface area (Å²) >= 11 is 3.52. The second-order valence-corrected chi connectivity index (χ2v) is 10.7. The van der Waals surface area contributed by atoms with Crippen molar-refractivity contribution in [2.45, 2.75) is 18.7 Å². The first-order chi connectivity index (χ1) is 16.1. The van der Waals surface area contributed by atoms with E-state index in [9.17, 15) is 13.2 Å². The maximum Gasteiger partial charge on any atom is 0.264 e. The highest BCUT2D eigenvalue weighted by Crippen LogP contribution is 2.28. The van der Waals surface area contributed by atoms with E-state index in [1.54, 1.807) is 24.3 Å². The fourth-order valence-electron chi connectivity index (χ4n) is 3.32. The highest BCUT2D eigenvalue weighted by Gasteiger charge is 2.28. The van der Waals surface area contributed by atoms with Crippen molar-refractivity contribution in [3.05, 3.63) is 87.9 Å². The number of hydrogen-bond acceptors (Lipinski definition) is 5. The van der Waals surface area contributed by atoms with E-state index < -0.39 is 22.5 Å². The molecule has 7 nitrogen and oxygen atoms in total. The topological polar surface area (TPSA) is 82.1 Å². The first-order valence-electron chi connectivity index (χ1n) is 10.5. The first kappa shape index (κ1) is 25.5. The number of anilines is 2. The van der Waals surface area contributed by atoms with Crippen LogP contribution in [0.3, 0.4) is 0 Å². The van der Waals surface area contributed by atoms with Gasteiger partial charge in [0.1, 0.15) is 6.54 Å². The molecule has 0 saturated carbocycles. The fourth-order valence-corrected chi connectivity index (χ4v) is 5.57. The van der Waals surface area contributed by atoms with Gasteiger partial charge in [0, 0.05) is 18.6 Å². The van der Waals surface area contributed by atoms with Crippen LogP contribution in [0.1, 0.15) is 16.7 Å². The lowest BCUT2D eigenvalue weighted by atomic mass is 10.1. The predicted octanol–water partition coefficient (Wildman–Crippen LogP) is 4.48. The Labute approximate surface area is 209 Å². The Morgan fingerprint density at radius 2 is 1.71 bits per heavy atom. The third kappa shape index (κ3) is 6.03. The van der Waals surface area contributed by atoms with Gasteiger partial charge in [-0.25, -0.2) is 13.8 Å². The molecule has 0 aromatic heterocycles. The lowest BCUT2D eigenvalue weighted by Gasteiger charge is -2.25. The quantitative estimate of drug-likeness (QED) is 0.336. The largest absolute Gasteiger partial charge is 0.377 e. The van der Waals surface area contributed by atoms with Crippen LogP contribution in [-0.2, 0) is 14.8 Å². The number of hydrogen-bond donors (Lipinski definition) is 1. The van der Waals surface area contributed by atoms with E-state index >= 15 is 0 Å². The van der Waals surface area contributed by atoms with Crippen LogP contribution < -0.4 is 14.6 Å². The van der Waals surface area contributed by atoms with Gasteiger partial charge < -0.3 is 4.90 Å². The molecule has 0 radical (unpaired) electrons. The highest BCUT2D eigenvalue weighted by atomic mass is 79.9. The third-order valence-corrected chi connectivity index (χ3v) is 7.52. The maximum absolute atomic E-state index is 13.4. The molecule has 0 spiro atoms. The lowest BCUT2D eigenvalue weighted by molar-refractivity contribution is -0.119. The van der Waals surface area contributed by atoms with Crippen molar-refractivity contribution in [1.82, 2.24) is 5.43 Å². The summed E-state index contributed by atoms with van der Waals surface area (Å²) in [5.41, 5.74) is 6.31. The van der Waals surface area contributed by atoms with E-state index in [1.807, 2.05) is 63.2 Å². The number of rotatable bonds is 8. The van der Waals surface area contributed by atoms with Crippen LogP contribution in [-0.4, -0.2) is 41.2 Å². The second-order valence-electron chi connectivity index (χ2n) is 8.01. The number of carbonyl (C=O) groups is 1. The third-order valence-electron chi connectivity index (χ3n) is 5.11. The van der Waals surface area contributed by atoms with Gasteiger partial charge in [-0.05, 0) is 76.8 Å². The molecular weight excluding hydrogens is 516 g/mol. The predicted molar refractivity (Wildman–Crippen MR) is 141 cm³/mol. The summed E-state index contributed by atoms with van der Waals surface area (Å²) in [6.07, 6.45) is 1.51. The van der Waals surface area contributed by atoms with Crippen LogP contribution in [0.25, 0.3) is 0 Å². The van der Waals surface area contributed by atoms with Crippen LogP contribution in [0, 0.1) is 13.8 Å². The SMILES string of the molecule is Cc1ccc(C)c(N(CC(=O)N/N=C/c2ccc(N(C)C)c(Br)c2)S(=O)(=O)c2ccccc2)c1. The molecule has 0 bridgehead atoms. The number of carbonyl (C=O) groups excluding carboxylic acids is 1. The van der Waals surface area contributed by atoms with Crippen molar-refractivity contribution in [2.75, 3.05) is 29.8 Å². The molecular formula is C25H27BrN4O3S. The zero-order valence-electron chi connectivity index (χ0n) is 19.5. The molecule has 0 aliphatic rings. The zero-order chi connectivity index (χ0) is 24.9. The molecule has 34 heavy (non-hydrogen) atoms. The Hall–Kier alpha value is -3.17. The zero-order valence-corrected chi connectivity index (χ0v) is 21.9. The van der Waals surface area contributed by atoms with Gasteiger partial charge in [0.2, 0.25) is 0 Å². The van der Waals surface area contributed by atoms with Crippen LogP contribution in [0.15, 0.2) is 81.2 Å². The monoisotopic (exact) mass is 542 g/mol. The average Bonchev–Trinajstić information content (AvgIpc) is 2.79. The second kappa shape index (κ2) is 10.8. The van der Waals surface area contributed by atoms with Crippen molar-refractivity contribution in [1.29, 1.82) is 0 Å². The van der Waals surface area contributed by atoms with Crippen LogP contribution in [0.5, 0.6) is 0 Å². The van der Waals surface area contributed by atoms with Gasteiger partial charge in [-0.1, -0.05) is 36.4 Å². The summed E-state index contributed by atoms with van der Waals surface area (Å²) in [5.74, 6) is -0.555. The number of hydrazone groups is 1.